The molecular weight excluding hydrogens is 268 g/mol. The van der Waals surface area contributed by atoms with E-state index in [0.29, 0.717) is 6.04 Å². The Bertz CT molecular complexity index is 592. The third kappa shape index (κ3) is 4.11. The van der Waals surface area contributed by atoms with E-state index >= 15 is 0 Å². The lowest BCUT2D eigenvalue weighted by molar-refractivity contribution is 0.548. The zero-order chi connectivity index (χ0) is 15.2. The number of fused-ring (bicyclic) bond motifs is 1. The molecule has 22 heavy (non-hydrogen) atoms. The molecule has 0 aliphatic carbocycles. The maximum Gasteiger partial charge on any atom is 0.0372 e. The van der Waals surface area contributed by atoms with Gasteiger partial charge in [-0.3, -0.25) is 0 Å². The van der Waals surface area contributed by atoms with Gasteiger partial charge < -0.3 is 10.6 Å². The molecule has 2 N–H and O–H groups in total. The van der Waals surface area contributed by atoms with Gasteiger partial charge in [-0.15, -0.1) is 0 Å². The molecular formula is C20H26N2. The van der Waals surface area contributed by atoms with Crippen molar-refractivity contribution in [2.24, 2.45) is 0 Å². The third-order valence-corrected chi connectivity index (χ3v) is 4.40. The fraction of sp³-hybridized carbons (Fsp3) is 0.400. The Labute approximate surface area is 134 Å². The first-order valence-corrected chi connectivity index (χ1v) is 8.44. The maximum absolute atomic E-state index is 3.64. The van der Waals surface area contributed by atoms with E-state index < -0.39 is 0 Å². The van der Waals surface area contributed by atoms with Gasteiger partial charge in [-0.1, -0.05) is 42.5 Å². The lowest BCUT2D eigenvalue weighted by Gasteiger charge is -2.20. The van der Waals surface area contributed by atoms with Crippen molar-refractivity contribution in [3.63, 3.8) is 0 Å². The summed E-state index contributed by atoms with van der Waals surface area (Å²) in [6, 6.07) is 18.1. The fourth-order valence-corrected chi connectivity index (χ4v) is 3.19. The van der Waals surface area contributed by atoms with Crippen LogP contribution in [0.4, 0.5) is 5.69 Å². The van der Waals surface area contributed by atoms with Crippen molar-refractivity contribution in [1.82, 2.24) is 5.32 Å². The molecule has 0 amide bonds. The van der Waals surface area contributed by atoms with Gasteiger partial charge in [-0.25, -0.2) is 0 Å². The van der Waals surface area contributed by atoms with Crippen molar-refractivity contribution < 1.29 is 0 Å². The highest BCUT2D eigenvalue weighted by Crippen LogP contribution is 2.23. The van der Waals surface area contributed by atoms with Crippen LogP contribution in [0, 0.1) is 0 Å². The van der Waals surface area contributed by atoms with Gasteiger partial charge in [0.2, 0.25) is 0 Å². The number of hydrogen-bond acceptors (Lipinski definition) is 2. The molecule has 0 fully saturated rings. The van der Waals surface area contributed by atoms with Crippen LogP contribution in [0.25, 0.3) is 0 Å². The van der Waals surface area contributed by atoms with Crippen LogP contribution >= 0.6 is 0 Å². The van der Waals surface area contributed by atoms with Gasteiger partial charge >= 0.3 is 0 Å². The average molecular weight is 294 g/mol. The molecule has 0 saturated carbocycles. The van der Waals surface area contributed by atoms with Gasteiger partial charge in [0.05, 0.1) is 0 Å². The molecule has 0 bridgehead atoms. The zero-order valence-corrected chi connectivity index (χ0v) is 13.4. The SMILES string of the molecule is CC(Cc1ccc2c(c1)CCCN2)NCCc1ccccc1. The normalized spacial score (nSPS) is 15.0. The predicted molar refractivity (Wildman–Crippen MR) is 94.6 cm³/mol. The van der Waals surface area contributed by atoms with E-state index in [4.69, 9.17) is 0 Å². The molecule has 2 aromatic rings. The van der Waals surface area contributed by atoms with E-state index in [0.717, 1.165) is 25.9 Å². The van der Waals surface area contributed by atoms with Gasteiger partial charge in [0.15, 0.2) is 0 Å². The molecule has 2 heteroatoms. The van der Waals surface area contributed by atoms with Crippen LogP contribution in [0.2, 0.25) is 0 Å². The van der Waals surface area contributed by atoms with Gasteiger partial charge in [-0.05, 0) is 61.9 Å². The van der Waals surface area contributed by atoms with Gasteiger partial charge in [0, 0.05) is 18.3 Å². The Hall–Kier alpha value is -1.80. The van der Waals surface area contributed by atoms with Crippen LogP contribution < -0.4 is 10.6 Å². The monoisotopic (exact) mass is 294 g/mol. The molecule has 2 nitrogen and oxygen atoms in total. The van der Waals surface area contributed by atoms with Crippen LogP contribution in [0.1, 0.15) is 30.0 Å². The Morgan fingerprint density at radius 2 is 1.95 bits per heavy atom. The quantitative estimate of drug-likeness (QED) is 0.846. The van der Waals surface area contributed by atoms with E-state index in [2.05, 4.69) is 66.1 Å². The van der Waals surface area contributed by atoms with Crippen LogP contribution in [-0.2, 0) is 19.3 Å². The highest BCUT2D eigenvalue weighted by Gasteiger charge is 2.10. The first-order valence-electron chi connectivity index (χ1n) is 8.44. The van der Waals surface area contributed by atoms with Crippen molar-refractivity contribution >= 4 is 5.69 Å². The second-order valence-electron chi connectivity index (χ2n) is 6.32. The fourth-order valence-electron chi connectivity index (χ4n) is 3.19. The Morgan fingerprint density at radius 1 is 1.09 bits per heavy atom. The number of aryl methyl sites for hydroxylation is 1. The summed E-state index contributed by atoms with van der Waals surface area (Å²) >= 11 is 0. The Balaban J connectivity index is 1.48. The summed E-state index contributed by atoms with van der Waals surface area (Å²) in [5.41, 5.74) is 5.67. The zero-order valence-electron chi connectivity index (χ0n) is 13.4. The molecule has 1 atom stereocenters. The largest absolute Gasteiger partial charge is 0.385 e. The van der Waals surface area contributed by atoms with Crippen LogP contribution in [0.3, 0.4) is 0 Å². The van der Waals surface area contributed by atoms with Crippen molar-refractivity contribution in [2.45, 2.75) is 38.6 Å². The highest BCUT2D eigenvalue weighted by molar-refractivity contribution is 5.54. The van der Waals surface area contributed by atoms with E-state index in [1.807, 2.05) is 0 Å². The smallest absolute Gasteiger partial charge is 0.0372 e. The Morgan fingerprint density at radius 3 is 2.82 bits per heavy atom. The summed E-state index contributed by atoms with van der Waals surface area (Å²) in [6.45, 7) is 4.43. The summed E-state index contributed by atoms with van der Waals surface area (Å²) in [7, 11) is 0. The average Bonchev–Trinajstić information content (AvgIpc) is 2.56. The molecule has 116 valence electrons. The topological polar surface area (TPSA) is 24.1 Å². The minimum absolute atomic E-state index is 0.512. The van der Waals surface area contributed by atoms with E-state index in [1.165, 1.54) is 35.2 Å². The summed E-state index contributed by atoms with van der Waals surface area (Å²) in [5.74, 6) is 0. The van der Waals surface area contributed by atoms with Gasteiger partial charge in [-0.2, -0.15) is 0 Å². The van der Waals surface area contributed by atoms with Crippen molar-refractivity contribution in [3.05, 3.63) is 65.2 Å². The summed E-state index contributed by atoms with van der Waals surface area (Å²) in [4.78, 5) is 0. The molecule has 0 saturated heterocycles. The Kier molecular flexibility index (Phi) is 5.12. The predicted octanol–water partition coefficient (Wildman–Crippen LogP) is 3.81. The second-order valence-corrected chi connectivity index (χ2v) is 6.32. The molecule has 1 heterocycles. The summed E-state index contributed by atoms with van der Waals surface area (Å²) in [6.07, 6.45) is 4.66. The van der Waals surface area contributed by atoms with Crippen LogP contribution in [-0.4, -0.2) is 19.1 Å². The van der Waals surface area contributed by atoms with Crippen LogP contribution in [0.5, 0.6) is 0 Å². The maximum atomic E-state index is 3.64. The third-order valence-electron chi connectivity index (χ3n) is 4.40. The number of rotatable bonds is 6. The van der Waals surface area contributed by atoms with E-state index in [9.17, 15) is 0 Å². The van der Waals surface area contributed by atoms with E-state index in [-0.39, 0.29) is 0 Å². The molecule has 0 radical (unpaired) electrons. The number of hydrogen-bond donors (Lipinski definition) is 2. The second kappa shape index (κ2) is 7.46. The minimum atomic E-state index is 0.512. The number of nitrogens with one attached hydrogen (secondary N) is 2. The molecule has 1 aliphatic rings. The highest BCUT2D eigenvalue weighted by atomic mass is 14.9. The lowest BCUT2D eigenvalue weighted by Crippen LogP contribution is -2.30. The van der Waals surface area contributed by atoms with Crippen LogP contribution in [0.15, 0.2) is 48.5 Å². The van der Waals surface area contributed by atoms with Crippen molar-refractivity contribution in [3.8, 4) is 0 Å². The van der Waals surface area contributed by atoms with Gasteiger partial charge in [0.1, 0.15) is 0 Å². The van der Waals surface area contributed by atoms with Gasteiger partial charge in [0.25, 0.3) is 0 Å². The number of benzene rings is 2. The first kappa shape index (κ1) is 15.1. The summed E-state index contributed by atoms with van der Waals surface area (Å²) in [5, 5.41) is 7.12. The molecule has 0 spiro atoms. The minimum Gasteiger partial charge on any atom is -0.385 e. The molecule has 1 aliphatic heterocycles. The lowest BCUT2D eigenvalue weighted by atomic mass is 9.98. The molecule has 2 aromatic carbocycles. The van der Waals surface area contributed by atoms with Crippen molar-refractivity contribution in [2.75, 3.05) is 18.4 Å². The van der Waals surface area contributed by atoms with Crippen molar-refractivity contribution in [1.29, 1.82) is 0 Å². The first-order chi connectivity index (χ1) is 10.8. The number of anilines is 1. The molecule has 1 unspecified atom stereocenters. The van der Waals surface area contributed by atoms with E-state index in [1.54, 1.807) is 0 Å². The standard InChI is InChI=1S/C20H26N2/c1-16(21-13-11-17-6-3-2-4-7-17)14-18-9-10-20-19(15-18)8-5-12-22-20/h2-4,6-7,9-10,15-16,21-22H,5,8,11-14H2,1H3. The molecule has 3 rings (SSSR count). The summed E-state index contributed by atoms with van der Waals surface area (Å²) < 4.78 is 0. The molecule has 0 aromatic heterocycles.